The molecule has 0 spiro atoms. The van der Waals surface area contributed by atoms with Gasteiger partial charge in [0.25, 0.3) is 0 Å². The van der Waals surface area contributed by atoms with Crippen molar-refractivity contribution in [3.63, 3.8) is 0 Å². The first kappa shape index (κ1) is 13.7. The molecule has 1 rings (SSSR count). The van der Waals surface area contributed by atoms with Crippen molar-refractivity contribution in [3.8, 4) is 5.75 Å². The van der Waals surface area contributed by atoms with Gasteiger partial charge in [-0.05, 0) is 12.8 Å². The van der Waals surface area contributed by atoms with Crippen LogP contribution in [0.1, 0.15) is 50.0 Å². The number of carbonyl (C=O) groups excluding carboxylic acids is 1. The van der Waals surface area contributed by atoms with Crippen LogP contribution < -0.4 is 4.74 Å². The van der Waals surface area contributed by atoms with E-state index < -0.39 is 0 Å². The fourth-order valence-electron chi connectivity index (χ4n) is 2.01. The highest BCUT2D eigenvalue weighted by Gasteiger charge is 2.24. The molecule has 96 valence electrons. The topological polar surface area (TPSA) is 44.1 Å². The minimum absolute atomic E-state index is 0.0826. The number of aromatic nitrogens is 2. The first-order valence-corrected chi connectivity index (χ1v) is 6.25. The van der Waals surface area contributed by atoms with Crippen molar-refractivity contribution in [1.29, 1.82) is 0 Å². The Bertz CT molecular complexity index is 371. The van der Waals surface area contributed by atoms with E-state index in [2.05, 4.69) is 18.9 Å². The molecule has 1 aromatic rings. The van der Waals surface area contributed by atoms with E-state index in [0.29, 0.717) is 11.4 Å². The van der Waals surface area contributed by atoms with E-state index in [1.54, 1.807) is 25.0 Å². The Morgan fingerprint density at radius 2 is 2.24 bits per heavy atom. The molecule has 0 radical (unpaired) electrons. The Morgan fingerprint density at radius 1 is 1.53 bits per heavy atom. The van der Waals surface area contributed by atoms with Crippen LogP contribution in [0.25, 0.3) is 0 Å². The number of ether oxygens (including phenoxy) is 1. The summed E-state index contributed by atoms with van der Waals surface area (Å²) in [5.74, 6) is 0.810. The van der Waals surface area contributed by atoms with Gasteiger partial charge in [0.15, 0.2) is 11.5 Å². The van der Waals surface area contributed by atoms with Crippen molar-refractivity contribution in [3.05, 3.63) is 11.9 Å². The second kappa shape index (κ2) is 6.42. The number of unbranched alkanes of at least 4 members (excludes halogenated alkanes) is 1. The maximum absolute atomic E-state index is 12.4. The van der Waals surface area contributed by atoms with Crippen molar-refractivity contribution in [1.82, 2.24) is 9.78 Å². The average molecular weight is 238 g/mol. The molecule has 1 aromatic heterocycles. The van der Waals surface area contributed by atoms with Crippen molar-refractivity contribution >= 4 is 5.78 Å². The van der Waals surface area contributed by atoms with Crippen molar-refractivity contribution < 1.29 is 9.53 Å². The zero-order chi connectivity index (χ0) is 12.8. The molecule has 0 amide bonds. The molecule has 0 bridgehead atoms. The largest absolute Gasteiger partial charge is 0.493 e. The third kappa shape index (κ3) is 3.08. The third-order valence-corrected chi connectivity index (χ3v) is 3.13. The predicted molar refractivity (Wildman–Crippen MR) is 67.4 cm³/mol. The molecule has 0 aliphatic heterocycles. The van der Waals surface area contributed by atoms with Gasteiger partial charge >= 0.3 is 0 Å². The summed E-state index contributed by atoms with van der Waals surface area (Å²) < 4.78 is 6.79. The number of hydrogen-bond acceptors (Lipinski definition) is 3. The van der Waals surface area contributed by atoms with Gasteiger partial charge in [-0.2, -0.15) is 5.10 Å². The molecule has 0 aliphatic rings. The number of aryl methyl sites for hydroxylation is 1. The molecule has 0 aromatic carbocycles. The second-order valence-corrected chi connectivity index (χ2v) is 4.30. The first-order valence-electron chi connectivity index (χ1n) is 6.25. The van der Waals surface area contributed by atoms with Gasteiger partial charge in [-0.1, -0.05) is 26.7 Å². The SMILES string of the molecule is CCCCC(CC)C(=O)c1c(OC)cnn1C. The molecule has 4 heteroatoms. The summed E-state index contributed by atoms with van der Waals surface area (Å²) in [5, 5.41) is 4.08. The highest BCUT2D eigenvalue weighted by Crippen LogP contribution is 2.24. The highest BCUT2D eigenvalue weighted by molar-refractivity contribution is 5.98. The number of rotatable bonds is 7. The molecule has 0 saturated heterocycles. The fraction of sp³-hybridized carbons (Fsp3) is 0.692. The summed E-state index contributed by atoms with van der Waals surface area (Å²) in [4.78, 5) is 12.4. The van der Waals surface area contributed by atoms with E-state index in [4.69, 9.17) is 4.74 Å². The Labute approximate surface area is 103 Å². The minimum atomic E-state index is 0.0826. The lowest BCUT2D eigenvalue weighted by Crippen LogP contribution is -2.18. The smallest absolute Gasteiger partial charge is 0.187 e. The molecule has 0 saturated carbocycles. The van der Waals surface area contributed by atoms with Crippen LogP contribution in [-0.4, -0.2) is 22.7 Å². The van der Waals surface area contributed by atoms with Crippen LogP contribution >= 0.6 is 0 Å². The summed E-state index contributed by atoms with van der Waals surface area (Å²) in [7, 11) is 3.35. The Balaban J connectivity index is 2.89. The van der Waals surface area contributed by atoms with Gasteiger partial charge in [0, 0.05) is 13.0 Å². The lowest BCUT2D eigenvalue weighted by molar-refractivity contribution is 0.0895. The first-order chi connectivity index (χ1) is 8.15. The van der Waals surface area contributed by atoms with Gasteiger partial charge in [-0.3, -0.25) is 9.48 Å². The van der Waals surface area contributed by atoms with Gasteiger partial charge in [0.1, 0.15) is 5.69 Å². The molecule has 0 N–H and O–H groups in total. The predicted octanol–water partition coefficient (Wildman–Crippen LogP) is 2.83. The van der Waals surface area contributed by atoms with E-state index in [9.17, 15) is 4.79 Å². The van der Waals surface area contributed by atoms with Crippen LogP contribution in [0.15, 0.2) is 6.20 Å². The Morgan fingerprint density at radius 3 is 2.76 bits per heavy atom. The molecule has 0 fully saturated rings. The third-order valence-electron chi connectivity index (χ3n) is 3.13. The summed E-state index contributed by atoms with van der Waals surface area (Å²) in [6.07, 6.45) is 5.61. The molecule has 17 heavy (non-hydrogen) atoms. The van der Waals surface area contributed by atoms with Crippen LogP contribution in [0.2, 0.25) is 0 Å². The second-order valence-electron chi connectivity index (χ2n) is 4.30. The van der Waals surface area contributed by atoms with Crippen LogP contribution in [0.3, 0.4) is 0 Å². The van der Waals surface area contributed by atoms with Gasteiger partial charge in [-0.15, -0.1) is 0 Å². The quantitative estimate of drug-likeness (QED) is 0.686. The molecule has 4 nitrogen and oxygen atoms in total. The van der Waals surface area contributed by atoms with Gasteiger partial charge < -0.3 is 4.74 Å². The van der Waals surface area contributed by atoms with Crippen molar-refractivity contribution in [2.75, 3.05) is 7.11 Å². The van der Waals surface area contributed by atoms with E-state index >= 15 is 0 Å². The number of hydrogen-bond donors (Lipinski definition) is 0. The highest BCUT2D eigenvalue weighted by atomic mass is 16.5. The summed E-state index contributed by atoms with van der Waals surface area (Å²) >= 11 is 0. The number of methoxy groups -OCH3 is 1. The summed E-state index contributed by atoms with van der Waals surface area (Å²) in [5.41, 5.74) is 0.593. The van der Waals surface area contributed by atoms with Gasteiger partial charge in [0.05, 0.1) is 13.3 Å². The average Bonchev–Trinajstić information content (AvgIpc) is 2.71. The molecule has 0 aliphatic carbocycles. The number of Topliss-reactive ketones (excluding diaryl/α,β-unsaturated/α-hetero) is 1. The molecular formula is C13H22N2O2. The molecule has 1 unspecified atom stereocenters. The maximum atomic E-state index is 12.4. The normalized spacial score (nSPS) is 12.5. The van der Waals surface area contributed by atoms with Crippen LogP contribution in [0.5, 0.6) is 5.75 Å². The van der Waals surface area contributed by atoms with Crippen LogP contribution in [0, 0.1) is 5.92 Å². The Hall–Kier alpha value is -1.32. The van der Waals surface area contributed by atoms with E-state index in [0.717, 1.165) is 25.7 Å². The van der Waals surface area contributed by atoms with Crippen molar-refractivity contribution in [2.45, 2.75) is 39.5 Å². The summed E-state index contributed by atoms with van der Waals surface area (Å²) in [6, 6.07) is 0. The van der Waals surface area contributed by atoms with Gasteiger partial charge in [-0.25, -0.2) is 0 Å². The molecular weight excluding hydrogens is 216 g/mol. The van der Waals surface area contributed by atoms with Crippen molar-refractivity contribution in [2.24, 2.45) is 13.0 Å². The van der Waals surface area contributed by atoms with Crippen LogP contribution in [0.4, 0.5) is 0 Å². The number of ketones is 1. The maximum Gasteiger partial charge on any atom is 0.187 e. The number of carbonyl (C=O) groups is 1. The van der Waals surface area contributed by atoms with E-state index in [1.807, 2.05) is 0 Å². The van der Waals surface area contributed by atoms with Crippen LogP contribution in [-0.2, 0) is 7.05 Å². The monoisotopic (exact) mass is 238 g/mol. The standard InChI is InChI=1S/C13H22N2O2/c1-5-7-8-10(6-2)13(16)12-11(17-4)9-14-15(12)3/h9-10H,5-8H2,1-4H3. The zero-order valence-corrected chi connectivity index (χ0v) is 11.2. The summed E-state index contributed by atoms with van der Waals surface area (Å²) in [6.45, 7) is 4.20. The Kier molecular flexibility index (Phi) is 5.19. The molecule has 1 heterocycles. The van der Waals surface area contributed by atoms with Gasteiger partial charge in [0.2, 0.25) is 0 Å². The minimum Gasteiger partial charge on any atom is -0.493 e. The lowest BCUT2D eigenvalue weighted by atomic mass is 9.93. The van der Waals surface area contributed by atoms with E-state index in [1.165, 1.54) is 0 Å². The fourth-order valence-corrected chi connectivity index (χ4v) is 2.01. The zero-order valence-electron chi connectivity index (χ0n) is 11.2. The lowest BCUT2D eigenvalue weighted by Gasteiger charge is -2.14. The number of nitrogens with zero attached hydrogens (tertiary/aromatic N) is 2. The van der Waals surface area contributed by atoms with E-state index in [-0.39, 0.29) is 11.7 Å². The molecule has 1 atom stereocenters.